The first-order chi connectivity index (χ1) is 16.7. The van der Waals surface area contributed by atoms with E-state index in [1.54, 1.807) is 24.3 Å². The quantitative estimate of drug-likeness (QED) is 0.351. The normalized spacial score (nSPS) is 24.3. The lowest BCUT2D eigenvalue weighted by Crippen LogP contribution is -2.60. The number of amides is 1. The molecule has 1 aliphatic heterocycles. The largest absolute Gasteiger partial charge is 0.469 e. The molecule has 35 heavy (non-hydrogen) atoms. The molecule has 11 heteroatoms. The zero-order valence-electron chi connectivity index (χ0n) is 19.4. The fourth-order valence-electron chi connectivity index (χ4n) is 5.03. The van der Waals surface area contributed by atoms with Crippen LogP contribution in [0.15, 0.2) is 24.3 Å². The minimum atomic E-state index is -1.50. The number of benzene rings is 1. The fourth-order valence-corrected chi connectivity index (χ4v) is 6.30. The number of esters is 1. The minimum Gasteiger partial charge on any atom is -0.469 e. The van der Waals surface area contributed by atoms with Gasteiger partial charge in [-0.1, -0.05) is 11.6 Å². The number of ketones is 1. The number of carbonyl (C=O) groups is 3. The van der Waals surface area contributed by atoms with Gasteiger partial charge in [0.05, 0.1) is 30.5 Å². The van der Waals surface area contributed by atoms with Crippen molar-refractivity contribution in [2.75, 3.05) is 20.7 Å². The second kappa shape index (κ2) is 9.02. The highest BCUT2D eigenvalue weighted by molar-refractivity contribution is 7.13. The van der Waals surface area contributed by atoms with E-state index in [4.69, 9.17) is 22.1 Å². The number of rotatable bonds is 5. The molecule has 2 aromatic heterocycles. The van der Waals surface area contributed by atoms with Crippen molar-refractivity contribution in [3.63, 3.8) is 0 Å². The summed E-state index contributed by atoms with van der Waals surface area (Å²) in [4.78, 5) is 50.1. The average molecular weight is 516 g/mol. The van der Waals surface area contributed by atoms with E-state index in [0.29, 0.717) is 15.7 Å². The van der Waals surface area contributed by atoms with Crippen LogP contribution in [0, 0.1) is 5.92 Å². The Balaban J connectivity index is 1.43. The number of aromatic amines is 1. The molecule has 1 aliphatic carbocycles. The molecule has 5 rings (SSSR count). The molecular formula is C24H26ClN5O4S. The van der Waals surface area contributed by atoms with Crippen molar-refractivity contribution >= 4 is 51.5 Å². The van der Waals surface area contributed by atoms with Crippen LogP contribution < -0.4 is 11.1 Å². The summed E-state index contributed by atoms with van der Waals surface area (Å²) in [6.07, 6.45) is 1.03. The topological polar surface area (TPSA) is 130 Å². The van der Waals surface area contributed by atoms with Crippen molar-refractivity contribution in [1.82, 2.24) is 20.2 Å². The second-order valence-corrected chi connectivity index (χ2v) is 10.9. The van der Waals surface area contributed by atoms with Gasteiger partial charge in [-0.15, -0.1) is 11.3 Å². The van der Waals surface area contributed by atoms with Crippen LogP contribution in [0.4, 0.5) is 0 Å². The van der Waals surface area contributed by atoms with Gasteiger partial charge in [-0.05, 0) is 44.2 Å². The molecule has 3 aromatic rings. The molecule has 1 amide bonds. The van der Waals surface area contributed by atoms with Crippen molar-refractivity contribution in [1.29, 1.82) is 0 Å². The Kier molecular flexibility index (Phi) is 6.16. The minimum absolute atomic E-state index is 0.0543. The van der Waals surface area contributed by atoms with Crippen molar-refractivity contribution < 1.29 is 19.1 Å². The molecule has 1 fully saturated rings. The summed E-state index contributed by atoms with van der Waals surface area (Å²) in [6.45, 7) is 1.63. The monoisotopic (exact) mass is 515 g/mol. The number of thiazole rings is 1. The molecule has 0 saturated heterocycles. The number of hydrogen-bond acceptors (Lipinski definition) is 8. The third kappa shape index (κ3) is 4.35. The van der Waals surface area contributed by atoms with Crippen molar-refractivity contribution in [3.05, 3.63) is 50.6 Å². The summed E-state index contributed by atoms with van der Waals surface area (Å²) < 4.78 is 4.92. The van der Waals surface area contributed by atoms with Gasteiger partial charge in [0.1, 0.15) is 5.54 Å². The van der Waals surface area contributed by atoms with E-state index in [2.05, 4.69) is 20.2 Å². The van der Waals surface area contributed by atoms with Crippen LogP contribution in [-0.2, 0) is 22.5 Å². The Morgan fingerprint density at radius 3 is 2.91 bits per heavy atom. The fraction of sp³-hybridized carbons (Fsp3) is 0.417. The number of aromatic nitrogens is 2. The number of halogens is 1. The molecule has 1 aromatic carbocycles. The first-order valence-corrected chi connectivity index (χ1v) is 12.5. The summed E-state index contributed by atoms with van der Waals surface area (Å²) >= 11 is 7.44. The van der Waals surface area contributed by atoms with E-state index in [0.717, 1.165) is 41.0 Å². The molecule has 3 unspecified atom stereocenters. The molecule has 3 atom stereocenters. The number of nitrogens with one attached hydrogen (secondary N) is 2. The van der Waals surface area contributed by atoms with Gasteiger partial charge < -0.3 is 25.7 Å². The van der Waals surface area contributed by atoms with Crippen molar-refractivity contribution in [2.45, 2.75) is 37.4 Å². The number of nitrogens with two attached hydrogens (primary N) is 1. The maximum absolute atomic E-state index is 13.7. The lowest BCUT2D eigenvalue weighted by molar-refractivity contribution is -0.145. The highest BCUT2D eigenvalue weighted by Crippen LogP contribution is 2.37. The van der Waals surface area contributed by atoms with Gasteiger partial charge in [0.25, 0.3) is 5.91 Å². The average Bonchev–Trinajstić information content (AvgIpc) is 3.53. The Hall–Kier alpha value is -2.79. The Morgan fingerprint density at radius 2 is 2.14 bits per heavy atom. The van der Waals surface area contributed by atoms with Crippen molar-refractivity contribution in [3.8, 4) is 0 Å². The highest BCUT2D eigenvalue weighted by Gasteiger charge is 2.53. The zero-order valence-corrected chi connectivity index (χ0v) is 21.0. The predicted octanol–water partition coefficient (Wildman–Crippen LogP) is 2.53. The van der Waals surface area contributed by atoms with Crippen LogP contribution in [-0.4, -0.2) is 64.8 Å². The number of nitrogens with zero attached hydrogens (tertiary/aromatic N) is 2. The molecule has 1 saturated carbocycles. The summed E-state index contributed by atoms with van der Waals surface area (Å²) in [5.41, 5.74) is 7.18. The molecule has 0 radical (unpaired) electrons. The molecule has 184 valence electrons. The number of ether oxygens (including phenoxy) is 1. The number of carbonyl (C=O) groups excluding carboxylic acids is 3. The van der Waals surface area contributed by atoms with E-state index in [1.807, 2.05) is 7.05 Å². The number of H-pyrrole nitrogens is 1. The standard InChI is InChI=1S/C24H26ClN5O4S/c1-30-6-5-16-18(11-30)35-22(28-16)21(32)29-19-9-13(23(33)34-2)10-24(19,26)20(31)17-8-12-7-14(25)3-4-15(12)27-17/h3-4,7-8,13,19,27H,5-6,9-11,26H2,1-2H3,(H,29,32). The van der Waals surface area contributed by atoms with Gasteiger partial charge in [-0.25, -0.2) is 4.98 Å². The SMILES string of the molecule is COC(=O)C1CC(NC(=O)c2nc3c(s2)CN(C)CC3)C(N)(C(=O)c2cc3cc(Cl)ccc3[nH]2)C1. The number of likely N-dealkylation sites (N-methyl/N-ethyl adjacent to an activating group) is 1. The van der Waals surface area contributed by atoms with Crippen LogP contribution in [0.5, 0.6) is 0 Å². The predicted molar refractivity (Wildman–Crippen MR) is 133 cm³/mol. The van der Waals surface area contributed by atoms with E-state index in [1.165, 1.54) is 18.4 Å². The molecule has 9 nitrogen and oxygen atoms in total. The molecule has 4 N–H and O–H groups in total. The summed E-state index contributed by atoms with van der Waals surface area (Å²) in [5, 5.41) is 4.57. The van der Waals surface area contributed by atoms with E-state index >= 15 is 0 Å². The Morgan fingerprint density at radius 1 is 1.34 bits per heavy atom. The first kappa shape index (κ1) is 23.9. The lowest BCUT2D eigenvalue weighted by atomic mass is 9.86. The zero-order chi connectivity index (χ0) is 24.9. The second-order valence-electron chi connectivity index (χ2n) is 9.35. The molecule has 0 bridgehead atoms. The van der Waals surface area contributed by atoms with Crippen LogP contribution in [0.3, 0.4) is 0 Å². The lowest BCUT2D eigenvalue weighted by Gasteiger charge is -2.29. The van der Waals surface area contributed by atoms with Crippen LogP contribution in [0.2, 0.25) is 5.02 Å². The molecule has 0 spiro atoms. The maximum Gasteiger partial charge on any atom is 0.308 e. The van der Waals surface area contributed by atoms with Crippen LogP contribution in [0.1, 0.15) is 43.7 Å². The van der Waals surface area contributed by atoms with Crippen LogP contribution in [0.25, 0.3) is 10.9 Å². The van der Waals surface area contributed by atoms with Gasteiger partial charge in [0, 0.05) is 40.3 Å². The van der Waals surface area contributed by atoms with Gasteiger partial charge in [0.2, 0.25) is 5.78 Å². The summed E-state index contributed by atoms with van der Waals surface area (Å²) in [6, 6.07) is 6.17. The molecule has 3 heterocycles. The van der Waals surface area contributed by atoms with Crippen molar-refractivity contribution in [2.24, 2.45) is 11.7 Å². The van der Waals surface area contributed by atoms with Gasteiger partial charge in [-0.2, -0.15) is 0 Å². The smallest absolute Gasteiger partial charge is 0.308 e. The number of fused-ring (bicyclic) bond motifs is 2. The highest BCUT2D eigenvalue weighted by atomic mass is 35.5. The van der Waals surface area contributed by atoms with E-state index in [-0.39, 0.29) is 18.6 Å². The number of methoxy groups -OCH3 is 1. The Bertz CT molecular complexity index is 1340. The van der Waals surface area contributed by atoms with Gasteiger partial charge in [0.15, 0.2) is 5.01 Å². The maximum atomic E-state index is 13.7. The van der Waals surface area contributed by atoms with Gasteiger partial charge in [-0.3, -0.25) is 14.4 Å². The Labute approximate surface area is 211 Å². The van der Waals surface area contributed by atoms with E-state index in [9.17, 15) is 14.4 Å². The summed E-state index contributed by atoms with van der Waals surface area (Å²) in [5.74, 6) is -1.85. The molecular weight excluding hydrogens is 490 g/mol. The van der Waals surface area contributed by atoms with E-state index < -0.39 is 29.4 Å². The molecule has 2 aliphatic rings. The number of Topliss-reactive ketones (excluding diaryl/α,β-unsaturated/α-hetero) is 1. The third-order valence-electron chi connectivity index (χ3n) is 6.93. The first-order valence-electron chi connectivity index (χ1n) is 11.4. The van der Waals surface area contributed by atoms with Gasteiger partial charge >= 0.3 is 5.97 Å². The van der Waals surface area contributed by atoms with Crippen LogP contribution >= 0.6 is 22.9 Å². The summed E-state index contributed by atoms with van der Waals surface area (Å²) in [7, 11) is 3.33. The number of hydrogen-bond donors (Lipinski definition) is 3. The third-order valence-corrected chi connectivity index (χ3v) is 8.25.